The second-order valence-corrected chi connectivity index (χ2v) is 5.82. The van der Waals surface area contributed by atoms with Crippen molar-refractivity contribution in [3.63, 3.8) is 0 Å². The lowest BCUT2D eigenvalue weighted by atomic mass is 10.1. The Hall–Kier alpha value is -3.03. The van der Waals surface area contributed by atoms with E-state index in [4.69, 9.17) is 4.74 Å². The zero-order valence-corrected chi connectivity index (χ0v) is 15.1. The van der Waals surface area contributed by atoms with E-state index in [0.717, 1.165) is 5.56 Å². The van der Waals surface area contributed by atoms with Crippen molar-refractivity contribution in [3.05, 3.63) is 53.2 Å². The van der Waals surface area contributed by atoms with Crippen molar-refractivity contribution < 1.29 is 23.1 Å². The number of anilines is 1. The van der Waals surface area contributed by atoms with E-state index in [9.17, 15) is 18.4 Å². The molecule has 0 saturated heterocycles. The first kappa shape index (κ1) is 20.3. The van der Waals surface area contributed by atoms with Gasteiger partial charge in [-0.2, -0.15) is 0 Å². The molecule has 2 N–H and O–H groups in total. The molecule has 144 valence electrons. The molecule has 1 aromatic heterocycles. The van der Waals surface area contributed by atoms with Crippen molar-refractivity contribution in [1.29, 1.82) is 0 Å². The quantitative estimate of drug-likeness (QED) is 0.740. The Morgan fingerprint density at radius 3 is 2.67 bits per heavy atom. The van der Waals surface area contributed by atoms with Gasteiger partial charge in [0.25, 0.3) is 12.3 Å². The molecule has 0 aliphatic heterocycles. The normalized spacial score (nSPS) is 10.6. The van der Waals surface area contributed by atoms with Crippen LogP contribution in [0, 0.1) is 6.92 Å². The molecule has 1 aromatic carbocycles. The summed E-state index contributed by atoms with van der Waals surface area (Å²) in [4.78, 5) is 27.7. The molecule has 6 nitrogen and oxygen atoms in total. The summed E-state index contributed by atoms with van der Waals surface area (Å²) in [6.45, 7) is 3.07. The Balaban J connectivity index is 1.96. The minimum Gasteiger partial charge on any atom is -0.487 e. The molecule has 1 heterocycles. The highest BCUT2D eigenvalue weighted by molar-refractivity contribution is 5.96. The van der Waals surface area contributed by atoms with Crippen LogP contribution in [-0.4, -0.2) is 29.8 Å². The third-order valence-corrected chi connectivity index (χ3v) is 3.67. The van der Waals surface area contributed by atoms with Crippen molar-refractivity contribution in [3.8, 4) is 5.75 Å². The monoisotopic (exact) mass is 377 g/mol. The number of carbonyl (C=O) groups is 2. The fourth-order valence-corrected chi connectivity index (χ4v) is 2.29. The molecule has 0 fully saturated rings. The third kappa shape index (κ3) is 6.32. The molecular weight excluding hydrogens is 356 g/mol. The van der Waals surface area contributed by atoms with E-state index in [1.807, 2.05) is 0 Å². The Morgan fingerprint density at radius 2 is 2.00 bits per heavy atom. The summed E-state index contributed by atoms with van der Waals surface area (Å²) in [6.07, 6.45) is -0.774. The first-order valence-electron chi connectivity index (χ1n) is 8.43. The number of aromatic nitrogens is 1. The van der Waals surface area contributed by atoms with Gasteiger partial charge in [0.2, 0.25) is 5.91 Å². The first-order chi connectivity index (χ1) is 12.9. The number of aryl methyl sites for hydroxylation is 1. The molecule has 0 spiro atoms. The van der Waals surface area contributed by atoms with Gasteiger partial charge < -0.3 is 15.4 Å². The lowest BCUT2D eigenvalue weighted by molar-refractivity contribution is -0.115. The molecule has 27 heavy (non-hydrogen) atoms. The summed E-state index contributed by atoms with van der Waals surface area (Å²) in [5.74, 6) is 0.187. The highest BCUT2D eigenvalue weighted by atomic mass is 19.3. The molecule has 0 saturated carbocycles. The standard InChI is InChI=1S/C19H21F2N3O3/c1-3-18(25)24-17-9-14(6-7-22-17)19(26)23-10-13-4-5-15(12(2)8-13)27-11-16(20)21/h4-9,16H,3,10-11H2,1-2H3,(H,23,26)(H,22,24,25). The van der Waals surface area contributed by atoms with Gasteiger partial charge in [-0.1, -0.05) is 19.1 Å². The van der Waals surface area contributed by atoms with Crippen molar-refractivity contribution in [2.75, 3.05) is 11.9 Å². The molecule has 0 atom stereocenters. The van der Waals surface area contributed by atoms with Crippen LogP contribution >= 0.6 is 0 Å². The van der Waals surface area contributed by atoms with Crippen LogP contribution in [0.1, 0.15) is 34.8 Å². The SMILES string of the molecule is CCC(=O)Nc1cc(C(=O)NCc2ccc(OCC(F)F)c(C)c2)ccn1. The topological polar surface area (TPSA) is 80.3 Å². The Morgan fingerprint density at radius 1 is 1.22 bits per heavy atom. The summed E-state index contributed by atoms with van der Waals surface area (Å²) in [5, 5.41) is 5.36. The number of hydrogen-bond donors (Lipinski definition) is 2. The third-order valence-electron chi connectivity index (χ3n) is 3.67. The Kier molecular flexibility index (Phi) is 7.22. The molecule has 2 aromatic rings. The van der Waals surface area contributed by atoms with Crippen LogP contribution in [0.3, 0.4) is 0 Å². The van der Waals surface area contributed by atoms with Gasteiger partial charge in [0, 0.05) is 24.7 Å². The second kappa shape index (κ2) is 9.61. The summed E-state index contributed by atoms with van der Waals surface area (Å²) >= 11 is 0. The Bertz CT molecular complexity index is 813. The maximum atomic E-state index is 12.3. The van der Waals surface area contributed by atoms with Crippen molar-refractivity contribution >= 4 is 17.6 Å². The van der Waals surface area contributed by atoms with Gasteiger partial charge in [0.15, 0.2) is 0 Å². The number of amides is 2. The van der Waals surface area contributed by atoms with Crippen LogP contribution in [0.4, 0.5) is 14.6 Å². The van der Waals surface area contributed by atoms with E-state index >= 15 is 0 Å². The zero-order valence-electron chi connectivity index (χ0n) is 15.1. The molecule has 0 radical (unpaired) electrons. The van der Waals surface area contributed by atoms with E-state index in [-0.39, 0.29) is 18.4 Å². The fraction of sp³-hybridized carbons (Fsp3) is 0.316. The molecule has 2 amide bonds. The number of ether oxygens (including phenoxy) is 1. The smallest absolute Gasteiger partial charge is 0.272 e. The number of rotatable bonds is 8. The maximum absolute atomic E-state index is 12.3. The van der Waals surface area contributed by atoms with Crippen molar-refractivity contribution in [2.24, 2.45) is 0 Å². The minimum atomic E-state index is -2.53. The predicted molar refractivity (Wildman–Crippen MR) is 97.0 cm³/mol. The van der Waals surface area contributed by atoms with Crippen LogP contribution in [-0.2, 0) is 11.3 Å². The minimum absolute atomic E-state index is 0.190. The van der Waals surface area contributed by atoms with E-state index in [2.05, 4.69) is 15.6 Å². The maximum Gasteiger partial charge on any atom is 0.272 e. The zero-order chi connectivity index (χ0) is 19.8. The van der Waals surface area contributed by atoms with E-state index in [1.54, 1.807) is 38.1 Å². The highest BCUT2D eigenvalue weighted by Crippen LogP contribution is 2.20. The summed E-state index contributed by atoms with van der Waals surface area (Å²) in [5.41, 5.74) is 1.87. The molecule has 0 bridgehead atoms. The van der Waals surface area contributed by atoms with E-state index < -0.39 is 13.0 Å². The van der Waals surface area contributed by atoms with Crippen LogP contribution in [0.15, 0.2) is 36.5 Å². The first-order valence-corrected chi connectivity index (χ1v) is 8.43. The number of benzene rings is 1. The summed E-state index contributed by atoms with van der Waals surface area (Å²) < 4.78 is 29.5. The summed E-state index contributed by atoms with van der Waals surface area (Å²) in [7, 11) is 0. The van der Waals surface area contributed by atoms with E-state index in [1.165, 1.54) is 12.3 Å². The second-order valence-electron chi connectivity index (χ2n) is 5.82. The molecule has 8 heteroatoms. The number of hydrogen-bond acceptors (Lipinski definition) is 4. The van der Waals surface area contributed by atoms with Crippen LogP contribution in [0.5, 0.6) is 5.75 Å². The highest BCUT2D eigenvalue weighted by Gasteiger charge is 2.10. The van der Waals surface area contributed by atoms with E-state index in [0.29, 0.717) is 29.1 Å². The van der Waals surface area contributed by atoms with Gasteiger partial charge in [0.05, 0.1) is 0 Å². The number of carbonyl (C=O) groups excluding carboxylic acids is 2. The van der Waals surface area contributed by atoms with Gasteiger partial charge in [-0.25, -0.2) is 13.8 Å². The summed E-state index contributed by atoms with van der Waals surface area (Å²) in [6, 6.07) is 8.11. The lowest BCUT2D eigenvalue weighted by Gasteiger charge is -2.11. The number of nitrogens with one attached hydrogen (secondary N) is 2. The van der Waals surface area contributed by atoms with Gasteiger partial charge in [-0.15, -0.1) is 0 Å². The Labute approximate surface area is 155 Å². The average molecular weight is 377 g/mol. The number of pyridine rings is 1. The largest absolute Gasteiger partial charge is 0.487 e. The fourth-order valence-electron chi connectivity index (χ4n) is 2.29. The van der Waals surface area contributed by atoms with Gasteiger partial charge in [-0.05, 0) is 36.2 Å². The van der Waals surface area contributed by atoms with Crippen molar-refractivity contribution in [2.45, 2.75) is 33.2 Å². The van der Waals surface area contributed by atoms with Gasteiger partial charge >= 0.3 is 0 Å². The molecule has 0 aliphatic carbocycles. The molecule has 2 rings (SSSR count). The van der Waals surface area contributed by atoms with Crippen LogP contribution < -0.4 is 15.4 Å². The van der Waals surface area contributed by atoms with Gasteiger partial charge in [0.1, 0.15) is 18.2 Å². The number of nitrogens with zero attached hydrogens (tertiary/aromatic N) is 1. The lowest BCUT2D eigenvalue weighted by Crippen LogP contribution is -2.23. The molecule has 0 unspecified atom stereocenters. The van der Waals surface area contributed by atoms with Crippen LogP contribution in [0.2, 0.25) is 0 Å². The van der Waals surface area contributed by atoms with Crippen LogP contribution in [0.25, 0.3) is 0 Å². The number of alkyl halides is 2. The number of halogens is 2. The predicted octanol–water partition coefficient (Wildman–Crippen LogP) is 3.31. The van der Waals surface area contributed by atoms with Crippen molar-refractivity contribution in [1.82, 2.24) is 10.3 Å². The molecule has 0 aliphatic rings. The van der Waals surface area contributed by atoms with Gasteiger partial charge in [-0.3, -0.25) is 9.59 Å². The average Bonchev–Trinajstić information content (AvgIpc) is 2.65. The molecular formula is C19H21F2N3O3.